The summed E-state index contributed by atoms with van der Waals surface area (Å²) in [4.78, 5) is 53.5. The third-order valence-corrected chi connectivity index (χ3v) is 6.54. The summed E-state index contributed by atoms with van der Waals surface area (Å²) < 4.78 is 0. The fourth-order valence-electron chi connectivity index (χ4n) is 4.00. The highest BCUT2D eigenvalue weighted by atomic mass is 16.4. The van der Waals surface area contributed by atoms with Crippen LogP contribution in [-0.2, 0) is 25.6 Å². The topological polar surface area (TPSA) is 187 Å². The van der Waals surface area contributed by atoms with Gasteiger partial charge < -0.3 is 36.9 Å². The van der Waals surface area contributed by atoms with Crippen LogP contribution in [0, 0.1) is 11.8 Å². The van der Waals surface area contributed by atoms with Crippen LogP contribution in [0.3, 0.4) is 0 Å². The van der Waals surface area contributed by atoms with E-state index >= 15 is 0 Å². The number of aliphatic hydroxyl groups is 1. The minimum Gasteiger partial charge on any atom is -0.480 e. The Kier molecular flexibility index (Phi) is 10.6. The molecule has 0 bridgehead atoms. The quantitative estimate of drug-likeness (QED) is 0.203. The van der Waals surface area contributed by atoms with Gasteiger partial charge in [-0.05, 0) is 36.8 Å². The van der Waals surface area contributed by atoms with Gasteiger partial charge in [0.15, 0.2) is 0 Å². The molecule has 0 saturated carbocycles. The molecule has 1 aromatic carbocycles. The van der Waals surface area contributed by atoms with Gasteiger partial charge in [-0.15, -0.1) is 0 Å². The van der Waals surface area contributed by atoms with Gasteiger partial charge in [0.2, 0.25) is 17.7 Å². The molecule has 2 rings (SSSR count). The van der Waals surface area contributed by atoms with E-state index in [1.807, 2.05) is 24.3 Å². The Balaban J connectivity index is 2.09. The molecule has 0 spiro atoms. The SMILES string of the molecule is CCC(C)C(NC(=O)C(NC(=O)C(NC(=O)C(N)Cc1c[nH]c2ccccc12)C(C)C)C(C)O)C(=O)O. The number of fused-ring (bicyclic) bond motifs is 1. The summed E-state index contributed by atoms with van der Waals surface area (Å²) in [5.74, 6) is -4.02. The lowest BCUT2D eigenvalue weighted by Crippen LogP contribution is -2.61. The number of carbonyl (C=O) groups is 4. The van der Waals surface area contributed by atoms with Gasteiger partial charge in [0, 0.05) is 17.1 Å². The maximum Gasteiger partial charge on any atom is 0.326 e. The number of amides is 3. The van der Waals surface area contributed by atoms with Crippen LogP contribution < -0.4 is 21.7 Å². The smallest absolute Gasteiger partial charge is 0.326 e. The number of aliphatic carboxylic acids is 1. The van der Waals surface area contributed by atoms with Crippen molar-refractivity contribution in [3.05, 3.63) is 36.0 Å². The highest BCUT2D eigenvalue weighted by Crippen LogP contribution is 2.19. The predicted molar refractivity (Wildman–Crippen MR) is 139 cm³/mol. The van der Waals surface area contributed by atoms with Crippen LogP contribution in [0.4, 0.5) is 0 Å². The number of benzene rings is 1. The van der Waals surface area contributed by atoms with Crippen LogP contribution in [-0.4, -0.2) is 69.2 Å². The molecule has 2 aromatic rings. The number of H-pyrrole nitrogens is 1. The van der Waals surface area contributed by atoms with E-state index in [9.17, 15) is 29.4 Å². The summed E-state index contributed by atoms with van der Waals surface area (Å²) in [6, 6.07) is 3.05. The summed E-state index contributed by atoms with van der Waals surface area (Å²) in [7, 11) is 0. The zero-order valence-electron chi connectivity index (χ0n) is 21.9. The van der Waals surface area contributed by atoms with E-state index < -0.39 is 54.0 Å². The molecule has 0 saturated heterocycles. The van der Waals surface area contributed by atoms with Crippen LogP contribution in [0.25, 0.3) is 10.9 Å². The number of nitrogens with one attached hydrogen (secondary N) is 4. The first kappa shape index (κ1) is 29.8. The Morgan fingerprint density at radius 1 is 0.919 bits per heavy atom. The number of nitrogens with two attached hydrogens (primary N) is 1. The minimum atomic E-state index is -1.42. The molecule has 11 heteroatoms. The Hall–Kier alpha value is -3.44. The van der Waals surface area contributed by atoms with Crippen molar-refractivity contribution >= 4 is 34.6 Å². The summed E-state index contributed by atoms with van der Waals surface area (Å²) in [5.41, 5.74) is 7.94. The fraction of sp³-hybridized carbons (Fsp3) is 0.538. The second-order valence-electron chi connectivity index (χ2n) is 9.84. The first-order chi connectivity index (χ1) is 17.4. The fourth-order valence-corrected chi connectivity index (χ4v) is 4.00. The summed E-state index contributed by atoms with van der Waals surface area (Å²) in [6.45, 7) is 8.22. The largest absolute Gasteiger partial charge is 0.480 e. The third kappa shape index (κ3) is 7.77. The van der Waals surface area contributed by atoms with Gasteiger partial charge in [-0.2, -0.15) is 0 Å². The summed E-state index contributed by atoms with van der Waals surface area (Å²) in [6.07, 6.45) is 1.22. The van der Waals surface area contributed by atoms with Gasteiger partial charge in [-0.3, -0.25) is 14.4 Å². The standard InChI is InChI=1S/C26H39N5O6/c1-6-14(4)21(26(36)37)30-25(35)22(15(5)32)31-24(34)20(13(2)3)29-23(33)18(27)11-16-12-28-19-10-8-7-9-17(16)19/h7-10,12-15,18,20-22,28,32H,6,11,27H2,1-5H3,(H,29,33)(H,30,35)(H,31,34)(H,36,37). The molecule has 0 aliphatic carbocycles. The molecular formula is C26H39N5O6. The summed E-state index contributed by atoms with van der Waals surface area (Å²) >= 11 is 0. The van der Waals surface area contributed by atoms with Gasteiger partial charge in [-0.1, -0.05) is 52.3 Å². The van der Waals surface area contributed by atoms with Crippen molar-refractivity contribution in [2.75, 3.05) is 0 Å². The van der Waals surface area contributed by atoms with Crippen molar-refractivity contribution in [1.29, 1.82) is 0 Å². The lowest BCUT2D eigenvalue weighted by atomic mass is 9.98. The highest BCUT2D eigenvalue weighted by molar-refractivity contribution is 5.94. The first-order valence-corrected chi connectivity index (χ1v) is 12.5. The van der Waals surface area contributed by atoms with E-state index in [-0.39, 0.29) is 18.3 Å². The summed E-state index contributed by atoms with van der Waals surface area (Å²) in [5, 5.41) is 28.1. The minimum absolute atomic E-state index is 0.243. The number of para-hydroxylation sites is 1. The molecule has 11 nitrogen and oxygen atoms in total. The third-order valence-electron chi connectivity index (χ3n) is 6.54. The lowest BCUT2D eigenvalue weighted by Gasteiger charge is -2.29. The van der Waals surface area contributed by atoms with Gasteiger partial charge in [0.25, 0.3) is 0 Å². The normalized spacial score (nSPS) is 16.3. The van der Waals surface area contributed by atoms with Crippen LogP contribution >= 0.6 is 0 Å². The molecule has 3 amide bonds. The van der Waals surface area contributed by atoms with Gasteiger partial charge in [0.1, 0.15) is 18.1 Å². The Bertz CT molecular complexity index is 1100. The number of hydrogen-bond acceptors (Lipinski definition) is 6. The molecule has 0 aliphatic heterocycles. The molecule has 0 radical (unpaired) electrons. The van der Waals surface area contributed by atoms with Crippen molar-refractivity contribution in [3.8, 4) is 0 Å². The zero-order valence-corrected chi connectivity index (χ0v) is 21.9. The van der Waals surface area contributed by atoms with E-state index in [0.717, 1.165) is 16.5 Å². The van der Waals surface area contributed by atoms with Crippen LogP contribution in [0.1, 0.15) is 46.6 Å². The van der Waals surface area contributed by atoms with Crippen molar-refractivity contribution in [1.82, 2.24) is 20.9 Å². The molecule has 6 atom stereocenters. The number of carbonyl (C=O) groups excluding carboxylic acids is 3. The number of hydrogen-bond donors (Lipinski definition) is 7. The Morgan fingerprint density at radius 3 is 2.05 bits per heavy atom. The van der Waals surface area contributed by atoms with Gasteiger partial charge in [-0.25, -0.2) is 4.79 Å². The average Bonchev–Trinajstić information content (AvgIpc) is 3.25. The van der Waals surface area contributed by atoms with Crippen LogP contribution in [0.15, 0.2) is 30.5 Å². The first-order valence-electron chi connectivity index (χ1n) is 12.5. The van der Waals surface area contributed by atoms with E-state index in [0.29, 0.717) is 6.42 Å². The average molecular weight is 518 g/mol. The predicted octanol–water partition coefficient (Wildman–Crippen LogP) is 0.660. The second-order valence-corrected chi connectivity index (χ2v) is 9.84. The number of rotatable bonds is 13. The molecule has 6 unspecified atom stereocenters. The molecule has 0 aliphatic rings. The zero-order chi connectivity index (χ0) is 27.9. The van der Waals surface area contributed by atoms with Gasteiger partial charge in [0.05, 0.1) is 12.1 Å². The lowest BCUT2D eigenvalue weighted by molar-refractivity contribution is -0.144. The van der Waals surface area contributed by atoms with E-state index in [1.54, 1.807) is 33.9 Å². The number of aliphatic hydroxyl groups excluding tert-OH is 1. The molecule has 1 aromatic heterocycles. The molecule has 204 valence electrons. The van der Waals surface area contributed by atoms with Crippen molar-refractivity contribution < 1.29 is 29.4 Å². The second kappa shape index (κ2) is 13.2. The van der Waals surface area contributed by atoms with Crippen LogP contribution in [0.2, 0.25) is 0 Å². The molecule has 0 fully saturated rings. The Labute approximate surface area is 216 Å². The maximum absolute atomic E-state index is 13.1. The number of carboxylic acid groups (broad SMARTS) is 1. The van der Waals surface area contributed by atoms with Crippen molar-refractivity contribution in [2.24, 2.45) is 17.6 Å². The number of aromatic amines is 1. The molecular weight excluding hydrogens is 478 g/mol. The number of carboxylic acids is 1. The van der Waals surface area contributed by atoms with E-state index in [1.165, 1.54) is 6.92 Å². The van der Waals surface area contributed by atoms with Crippen LogP contribution in [0.5, 0.6) is 0 Å². The highest BCUT2D eigenvalue weighted by Gasteiger charge is 2.34. The van der Waals surface area contributed by atoms with E-state index in [4.69, 9.17) is 5.73 Å². The Morgan fingerprint density at radius 2 is 1.49 bits per heavy atom. The molecule has 1 heterocycles. The number of aromatic nitrogens is 1. The van der Waals surface area contributed by atoms with Crippen molar-refractivity contribution in [2.45, 2.75) is 77.7 Å². The monoisotopic (exact) mass is 517 g/mol. The van der Waals surface area contributed by atoms with E-state index in [2.05, 4.69) is 20.9 Å². The molecule has 37 heavy (non-hydrogen) atoms. The van der Waals surface area contributed by atoms with Crippen molar-refractivity contribution in [3.63, 3.8) is 0 Å². The maximum atomic E-state index is 13.1. The molecule has 8 N–H and O–H groups in total. The van der Waals surface area contributed by atoms with Gasteiger partial charge >= 0.3 is 5.97 Å².